The average Bonchev–Trinajstić information content (AvgIpc) is 2.81. The second kappa shape index (κ2) is 12.1. The lowest BCUT2D eigenvalue weighted by molar-refractivity contribution is 0.460. The van der Waals surface area contributed by atoms with Crippen molar-refractivity contribution in [1.82, 2.24) is 14.9 Å². The van der Waals surface area contributed by atoms with Gasteiger partial charge in [-0.05, 0) is 55.2 Å². The summed E-state index contributed by atoms with van der Waals surface area (Å²) in [5.74, 6) is 0.719. The predicted octanol–water partition coefficient (Wildman–Crippen LogP) is 6.04. The van der Waals surface area contributed by atoms with E-state index in [-0.39, 0.29) is 0 Å². The van der Waals surface area contributed by atoms with Crippen LogP contribution in [0, 0.1) is 0 Å². The summed E-state index contributed by atoms with van der Waals surface area (Å²) in [6, 6.07) is 11.3. The van der Waals surface area contributed by atoms with Crippen LogP contribution in [0.5, 0.6) is 0 Å². The fourth-order valence-corrected chi connectivity index (χ4v) is 3.96. The molecule has 1 aliphatic carbocycles. The zero-order valence-electron chi connectivity index (χ0n) is 19.1. The number of likely N-dealkylation sites (N-methyl/N-ethyl adjacent to an activating group) is 1. The maximum absolute atomic E-state index is 4.77. The smallest absolute Gasteiger partial charge is 0.223 e. The Hall–Kier alpha value is -2.88. The Morgan fingerprint density at radius 1 is 1.19 bits per heavy atom. The van der Waals surface area contributed by atoms with Crippen LogP contribution >= 0.6 is 0 Å². The fourth-order valence-electron chi connectivity index (χ4n) is 3.96. The lowest BCUT2D eigenvalue weighted by Crippen LogP contribution is -2.23. The number of aromatic nitrogens is 2. The van der Waals surface area contributed by atoms with Crippen molar-refractivity contribution in [1.29, 1.82) is 0 Å². The predicted molar refractivity (Wildman–Crippen MR) is 132 cm³/mol. The number of nitrogens with one attached hydrogen (secondary N) is 1. The minimum absolute atomic E-state index is 0.490. The standard InChI is InChI=1S/C27H36N4/c1-4-10-24(17-20-31(3)19-16-23-12-9-11-22(5-2)21-23)26-15-18-28-27(30-26)29-25-13-7-6-8-14-25/h4,9-12,15,17-18,20-21,25H,1,5-8,13-14,16,19H2,2-3H3,(H,28,29,30)/b20-17-,24-10+. The molecule has 0 aliphatic heterocycles. The molecule has 1 N–H and O–H groups in total. The molecular formula is C27H36N4. The van der Waals surface area contributed by atoms with Crippen LogP contribution in [-0.2, 0) is 12.8 Å². The topological polar surface area (TPSA) is 41.1 Å². The number of hydrogen-bond donors (Lipinski definition) is 1. The molecule has 1 fully saturated rings. The van der Waals surface area contributed by atoms with Gasteiger partial charge in [-0.15, -0.1) is 0 Å². The molecule has 2 aromatic rings. The van der Waals surface area contributed by atoms with Gasteiger partial charge in [-0.2, -0.15) is 0 Å². The molecule has 0 spiro atoms. The van der Waals surface area contributed by atoms with E-state index in [4.69, 9.17) is 4.98 Å². The van der Waals surface area contributed by atoms with Gasteiger partial charge in [0.2, 0.25) is 5.95 Å². The zero-order chi connectivity index (χ0) is 21.9. The first kappa shape index (κ1) is 22.8. The molecule has 1 saturated carbocycles. The highest BCUT2D eigenvalue weighted by Gasteiger charge is 2.14. The lowest BCUT2D eigenvalue weighted by atomic mass is 9.96. The third-order valence-corrected chi connectivity index (χ3v) is 5.85. The fraction of sp³-hybridized carbons (Fsp3) is 0.407. The summed E-state index contributed by atoms with van der Waals surface area (Å²) < 4.78 is 0. The molecular weight excluding hydrogens is 380 g/mol. The molecule has 0 radical (unpaired) electrons. The number of aryl methyl sites for hydroxylation is 1. The van der Waals surface area contributed by atoms with Crippen molar-refractivity contribution in [2.45, 2.75) is 57.9 Å². The van der Waals surface area contributed by atoms with Crippen molar-refractivity contribution in [3.63, 3.8) is 0 Å². The number of benzene rings is 1. The summed E-state index contributed by atoms with van der Waals surface area (Å²) in [5, 5.41) is 3.52. The molecule has 164 valence electrons. The summed E-state index contributed by atoms with van der Waals surface area (Å²) in [6.07, 6.45) is 18.3. The SMILES string of the molecule is C=C/C=C(\C=C/N(C)CCc1cccc(CC)c1)c1ccnc(NC2CCCCC2)n1. The van der Waals surface area contributed by atoms with Crippen LogP contribution in [0.25, 0.3) is 5.57 Å². The summed E-state index contributed by atoms with van der Waals surface area (Å²) >= 11 is 0. The largest absolute Gasteiger partial charge is 0.380 e. The average molecular weight is 417 g/mol. The highest BCUT2D eigenvalue weighted by Crippen LogP contribution is 2.21. The molecule has 31 heavy (non-hydrogen) atoms. The Bertz CT molecular complexity index is 894. The van der Waals surface area contributed by atoms with E-state index in [9.17, 15) is 0 Å². The van der Waals surface area contributed by atoms with E-state index in [0.29, 0.717) is 6.04 Å². The van der Waals surface area contributed by atoms with Gasteiger partial charge < -0.3 is 10.2 Å². The van der Waals surface area contributed by atoms with Crippen LogP contribution in [0.3, 0.4) is 0 Å². The normalized spacial score (nSPS) is 15.2. The van der Waals surface area contributed by atoms with E-state index in [0.717, 1.165) is 36.6 Å². The zero-order valence-corrected chi connectivity index (χ0v) is 19.1. The first-order valence-corrected chi connectivity index (χ1v) is 11.6. The Labute approximate surface area is 187 Å². The Balaban J connectivity index is 1.61. The van der Waals surface area contributed by atoms with Crippen molar-refractivity contribution >= 4 is 11.5 Å². The van der Waals surface area contributed by atoms with Crippen LogP contribution in [0.1, 0.15) is 55.8 Å². The Kier molecular flexibility index (Phi) is 8.89. The maximum Gasteiger partial charge on any atom is 0.223 e. The van der Waals surface area contributed by atoms with Crippen molar-refractivity contribution in [2.75, 3.05) is 18.9 Å². The van der Waals surface area contributed by atoms with E-state index in [1.807, 2.05) is 24.4 Å². The van der Waals surface area contributed by atoms with Crippen molar-refractivity contribution in [2.24, 2.45) is 0 Å². The third kappa shape index (κ3) is 7.39. The summed E-state index contributed by atoms with van der Waals surface area (Å²) in [4.78, 5) is 11.4. The van der Waals surface area contributed by atoms with E-state index < -0.39 is 0 Å². The molecule has 3 rings (SSSR count). The summed E-state index contributed by atoms with van der Waals surface area (Å²) in [5.41, 5.74) is 4.72. The molecule has 0 amide bonds. The lowest BCUT2D eigenvalue weighted by Gasteiger charge is -2.22. The van der Waals surface area contributed by atoms with Gasteiger partial charge in [-0.1, -0.05) is 69.2 Å². The molecule has 0 saturated heterocycles. The van der Waals surface area contributed by atoms with E-state index in [1.54, 1.807) is 0 Å². The monoisotopic (exact) mass is 416 g/mol. The van der Waals surface area contributed by atoms with Gasteiger partial charge in [0.25, 0.3) is 0 Å². The summed E-state index contributed by atoms with van der Waals surface area (Å²) in [7, 11) is 2.11. The molecule has 0 bridgehead atoms. The second-order valence-corrected chi connectivity index (χ2v) is 8.32. The third-order valence-electron chi connectivity index (χ3n) is 5.85. The first-order valence-electron chi connectivity index (χ1n) is 11.6. The first-order chi connectivity index (χ1) is 15.2. The van der Waals surface area contributed by atoms with Crippen LogP contribution in [-0.4, -0.2) is 34.5 Å². The van der Waals surface area contributed by atoms with Gasteiger partial charge in [0.1, 0.15) is 0 Å². The summed E-state index contributed by atoms with van der Waals surface area (Å²) in [6.45, 7) is 7.04. The maximum atomic E-state index is 4.77. The van der Waals surface area contributed by atoms with Gasteiger partial charge in [0, 0.05) is 31.4 Å². The highest BCUT2D eigenvalue weighted by atomic mass is 15.1. The van der Waals surface area contributed by atoms with Gasteiger partial charge in [-0.3, -0.25) is 0 Å². The number of rotatable bonds is 10. The number of hydrogen-bond acceptors (Lipinski definition) is 4. The highest BCUT2D eigenvalue weighted by molar-refractivity contribution is 5.73. The quantitative estimate of drug-likeness (QED) is 0.479. The van der Waals surface area contributed by atoms with E-state index >= 15 is 0 Å². The molecule has 0 unspecified atom stereocenters. The minimum atomic E-state index is 0.490. The molecule has 4 heteroatoms. The van der Waals surface area contributed by atoms with E-state index in [1.165, 1.54) is 43.2 Å². The number of allylic oxidation sites excluding steroid dienone is 4. The van der Waals surface area contributed by atoms with Gasteiger partial charge in [-0.25, -0.2) is 9.97 Å². The van der Waals surface area contributed by atoms with Crippen LogP contribution in [0.15, 0.2) is 67.5 Å². The number of anilines is 1. The van der Waals surface area contributed by atoms with Crippen molar-refractivity contribution in [3.8, 4) is 0 Å². The van der Waals surface area contributed by atoms with Gasteiger partial charge >= 0.3 is 0 Å². The number of nitrogens with zero attached hydrogens (tertiary/aromatic N) is 3. The van der Waals surface area contributed by atoms with Crippen LogP contribution in [0.4, 0.5) is 5.95 Å². The molecule has 0 atom stereocenters. The van der Waals surface area contributed by atoms with Crippen molar-refractivity contribution < 1.29 is 0 Å². The molecule has 4 nitrogen and oxygen atoms in total. The molecule has 1 aromatic heterocycles. The molecule has 1 aromatic carbocycles. The molecule has 1 heterocycles. The van der Waals surface area contributed by atoms with Crippen LogP contribution in [0.2, 0.25) is 0 Å². The Morgan fingerprint density at radius 2 is 2.00 bits per heavy atom. The van der Waals surface area contributed by atoms with E-state index in [2.05, 4.69) is 72.3 Å². The Morgan fingerprint density at radius 3 is 2.77 bits per heavy atom. The van der Waals surface area contributed by atoms with Gasteiger partial charge in [0.05, 0.1) is 5.69 Å². The van der Waals surface area contributed by atoms with Crippen LogP contribution < -0.4 is 5.32 Å². The van der Waals surface area contributed by atoms with Crippen molar-refractivity contribution in [3.05, 3.63) is 84.4 Å². The molecule has 1 aliphatic rings. The second-order valence-electron chi connectivity index (χ2n) is 8.32. The minimum Gasteiger partial charge on any atom is -0.380 e. The van der Waals surface area contributed by atoms with Gasteiger partial charge in [0.15, 0.2) is 0 Å².